The molecule has 1 fully saturated rings. The number of carbonyl (C=O) groups excluding carboxylic acids is 3. The van der Waals surface area contributed by atoms with Crippen LogP contribution in [0.4, 0.5) is 0 Å². The molecule has 27 heavy (non-hydrogen) atoms. The summed E-state index contributed by atoms with van der Waals surface area (Å²) in [7, 11) is 0. The van der Waals surface area contributed by atoms with E-state index in [2.05, 4.69) is 0 Å². The number of nitrogens with one attached hydrogen (secondary N) is 1. The summed E-state index contributed by atoms with van der Waals surface area (Å²) in [4.78, 5) is 40.4. The van der Waals surface area contributed by atoms with Gasteiger partial charge in [0.25, 0.3) is 0 Å². The lowest BCUT2D eigenvalue weighted by atomic mass is 9.67. The van der Waals surface area contributed by atoms with Crippen LogP contribution in [0, 0.1) is 16.7 Å². The highest BCUT2D eigenvalue weighted by Gasteiger charge is 2.48. The molecule has 0 saturated heterocycles. The van der Waals surface area contributed by atoms with Crippen molar-refractivity contribution in [3.8, 4) is 0 Å². The van der Waals surface area contributed by atoms with Crippen molar-refractivity contribution in [1.82, 2.24) is 4.90 Å². The summed E-state index contributed by atoms with van der Waals surface area (Å²) in [6.45, 7) is 4.32. The lowest BCUT2D eigenvalue weighted by molar-refractivity contribution is -0.146. The van der Waals surface area contributed by atoms with Gasteiger partial charge in [-0.3, -0.25) is 19.8 Å². The predicted octanol–water partition coefficient (Wildman–Crippen LogP) is 2.31. The van der Waals surface area contributed by atoms with Gasteiger partial charge in [0, 0.05) is 19.4 Å². The number of amides is 1. The third-order valence-electron chi connectivity index (χ3n) is 5.32. The summed E-state index contributed by atoms with van der Waals surface area (Å²) in [5, 5.41) is 7.21. The molecule has 2 aliphatic rings. The van der Waals surface area contributed by atoms with E-state index in [0.29, 0.717) is 25.8 Å². The molecule has 0 unspecified atom stereocenters. The van der Waals surface area contributed by atoms with Crippen LogP contribution in [0.2, 0.25) is 0 Å². The first-order valence-electron chi connectivity index (χ1n) is 9.09. The normalized spacial score (nSPS) is 22.4. The van der Waals surface area contributed by atoms with Gasteiger partial charge in [-0.15, -0.1) is 0 Å². The highest BCUT2D eigenvalue weighted by Crippen LogP contribution is 2.43. The van der Waals surface area contributed by atoms with Crippen molar-refractivity contribution in [1.29, 1.82) is 5.41 Å². The molecule has 3 rings (SSSR count). The molecule has 3 N–H and O–H groups in total. The van der Waals surface area contributed by atoms with E-state index in [1.807, 2.05) is 38.1 Å². The molecule has 0 aromatic heterocycles. The monoisotopic (exact) mass is 387 g/mol. The van der Waals surface area contributed by atoms with E-state index in [4.69, 9.17) is 11.1 Å². The number of Topliss-reactive ketones (excluding diaryl/α,β-unsaturated/α-hetero) is 2. The van der Waals surface area contributed by atoms with Crippen molar-refractivity contribution in [2.75, 3.05) is 12.3 Å². The molecule has 1 aliphatic heterocycles. The van der Waals surface area contributed by atoms with E-state index in [0.717, 1.165) is 22.9 Å². The van der Waals surface area contributed by atoms with Crippen molar-refractivity contribution < 1.29 is 14.4 Å². The number of nitrogens with zero attached hydrogens (tertiary/aromatic N) is 1. The van der Waals surface area contributed by atoms with E-state index in [-0.39, 0.29) is 33.8 Å². The van der Waals surface area contributed by atoms with Crippen LogP contribution in [-0.2, 0) is 20.8 Å². The number of nitrogens with two attached hydrogens (primary N) is 1. The molecular formula is C20H25N3O3S. The molecular weight excluding hydrogens is 362 g/mol. The Bertz CT molecular complexity index is 785. The Hall–Kier alpha value is -2.15. The van der Waals surface area contributed by atoms with Crippen molar-refractivity contribution in [2.45, 2.75) is 39.2 Å². The van der Waals surface area contributed by atoms with E-state index in [9.17, 15) is 14.4 Å². The summed E-state index contributed by atoms with van der Waals surface area (Å²) >= 11 is 0.964. The number of fused-ring (bicyclic) bond motifs is 1. The number of hydrogen-bond donors (Lipinski definition) is 2. The van der Waals surface area contributed by atoms with Gasteiger partial charge in [-0.25, -0.2) is 0 Å². The SMILES string of the molecule is CC1(C)CC(=O)C([C@H]2c3ccccc3CCN2C(=O)CSC(=N)N)C(=O)C1. The maximum atomic E-state index is 12.9. The average molecular weight is 388 g/mol. The van der Waals surface area contributed by atoms with Crippen molar-refractivity contribution in [3.05, 3.63) is 35.4 Å². The van der Waals surface area contributed by atoms with E-state index < -0.39 is 12.0 Å². The number of rotatable bonds is 3. The molecule has 1 heterocycles. The number of hydrogen-bond acceptors (Lipinski definition) is 5. The van der Waals surface area contributed by atoms with Gasteiger partial charge in [-0.1, -0.05) is 49.9 Å². The third kappa shape index (κ3) is 4.08. The molecule has 0 bridgehead atoms. The molecule has 1 aliphatic carbocycles. The maximum Gasteiger partial charge on any atom is 0.233 e. The highest BCUT2D eigenvalue weighted by atomic mass is 32.2. The minimum Gasteiger partial charge on any atom is -0.379 e. The fourth-order valence-corrected chi connectivity index (χ4v) is 4.66. The lowest BCUT2D eigenvalue weighted by Crippen LogP contribution is -2.50. The number of thioether (sulfide) groups is 1. The Kier molecular flexibility index (Phi) is 5.42. The first-order chi connectivity index (χ1) is 12.7. The Morgan fingerprint density at radius 1 is 1.26 bits per heavy atom. The van der Waals surface area contributed by atoms with Gasteiger partial charge in [0.15, 0.2) is 5.17 Å². The molecule has 1 aromatic carbocycles. The highest BCUT2D eigenvalue weighted by molar-refractivity contribution is 8.14. The van der Waals surface area contributed by atoms with Crippen LogP contribution in [0.3, 0.4) is 0 Å². The topological polar surface area (TPSA) is 104 Å². The summed E-state index contributed by atoms with van der Waals surface area (Å²) in [5.41, 5.74) is 7.00. The first-order valence-corrected chi connectivity index (χ1v) is 10.1. The molecule has 0 spiro atoms. The van der Waals surface area contributed by atoms with Crippen LogP contribution in [0.25, 0.3) is 0 Å². The minimum atomic E-state index is -0.814. The van der Waals surface area contributed by atoms with Gasteiger partial charge in [-0.05, 0) is 23.0 Å². The molecule has 7 heteroatoms. The second-order valence-corrected chi connectivity index (χ2v) is 9.08. The second kappa shape index (κ2) is 7.46. The maximum absolute atomic E-state index is 12.9. The Morgan fingerprint density at radius 3 is 2.52 bits per heavy atom. The number of benzene rings is 1. The summed E-state index contributed by atoms with van der Waals surface area (Å²) in [5.74, 6) is -1.15. The van der Waals surface area contributed by atoms with Crippen LogP contribution in [0.15, 0.2) is 24.3 Å². The molecule has 1 atom stereocenters. The fraction of sp³-hybridized carbons (Fsp3) is 0.500. The van der Waals surface area contributed by atoms with Crippen LogP contribution >= 0.6 is 11.8 Å². The molecule has 0 radical (unpaired) electrons. The second-order valence-electron chi connectivity index (χ2n) is 8.06. The van der Waals surface area contributed by atoms with Crippen LogP contribution < -0.4 is 5.73 Å². The fourth-order valence-electron chi connectivity index (χ4n) is 4.22. The van der Waals surface area contributed by atoms with Gasteiger partial charge in [0.2, 0.25) is 5.91 Å². The van der Waals surface area contributed by atoms with Gasteiger partial charge in [-0.2, -0.15) is 0 Å². The summed E-state index contributed by atoms with van der Waals surface area (Å²) in [6.07, 6.45) is 1.36. The quantitative estimate of drug-likeness (QED) is 0.470. The zero-order chi connectivity index (χ0) is 19.8. The molecule has 6 nitrogen and oxygen atoms in total. The first kappa shape index (κ1) is 19.6. The average Bonchev–Trinajstić information content (AvgIpc) is 2.58. The zero-order valence-electron chi connectivity index (χ0n) is 15.7. The van der Waals surface area contributed by atoms with Crippen LogP contribution in [0.1, 0.15) is 43.9 Å². The summed E-state index contributed by atoms with van der Waals surface area (Å²) < 4.78 is 0. The lowest BCUT2D eigenvalue weighted by Gasteiger charge is -2.43. The molecule has 1 amide bonds. The summed E-state index contributed by atoms with van der Waals surface area (Å²) in [6, 6.07) is 7.16. The van der Waals surface area contributed by atoms with Crippen molar-refractivity contribution >= 4 is 34.4 Å². The number of carbonyl (C=O) groups is 3. The largest absolute Gasteiger partial charge is 0.379 e. The third-order valence-corrected chi connectivity index (χ3v) is 6.02. The molecule has 1 aromatic rings. The van der Waals surface area contributed by atoms with Crippen LogP contribution in [-0.4, -0.2) is 39.8 Å². The molecule has 1 saturated carbocycles. The Balaban J connectivity index is 1.98. The number of amidine groups is 1. The van der Waals surface area contributed by atoms with E-state index >= 15 is 0 Å². The minimum absolute atomic E-state index is 0.0363. The zero-order valence-corrected chi connectivity index (χ0v) is 16.5. The van der Waals surface area contributed by atoms with Gasteiger partial charge in [0.1, 0.15) is 17.5 Å². The van der Waals surface area contributed by atoms with Crippen LogP contribution in [0.5, 0.6) is 0 Å². The van der Waals surface area contributed by atoms with Gasteiger partial charge < -0.3 is 10.6 Å². The smallest absolute Gasteiger partial charge is 0.233 e. The Labute approximate surface area is 163 Å². The predicted molar refractivity (Wildman–Crippen MR) is 105 cm³/mol. The van der Waals surface area contributed by atoms with Crippen molar-refractivity contribution in [2.24, 2.45) is 17.1 Å². The van der Waals surface area contributed by atoms with E-state index in [1.54, 1.807) is 4.90 Å². The standard InChI is InChI=1S/C20H25N3O3S/c1-20(2)9-14(24)17(15(25)10-20)18-13-6-4-3-5-12(13)7-8-23(18)16(26)11-27-19(21)22/h3-6,17-18H,7-11H2,1-2H3,(H3,21,22)/t18-/m1/s1. The van der Waals surface area contributed by atoms with Gasteiger partial charge in [0.05, 0.1) is 11.8 Å². The molecule has 144 valence electrons. The van der Waals surface area contributed by atoms with Crippen molar-refractivity contribution in [3.63, 3.8) is 0 Å². The van der Waals surface area contributed by atoms with E-state index in [1.165, 1.54) is 0 Å². The van der Waals surface area contributed by atoms with Gasteiger partial charge >= 0.3 is 0 Å². The Morgan fingerprint density at radius 2 is 1.89 bits per heavy atom. The number of ketones is 2.